The molecular weight excluding hydrogens is 434 g/mol. The molecule has 0 saturated carbocycles. The third-order valence-corrected chi connectivity index (χ3v) is 4.99. The van der Waals surface area contributed by atoms with Crippen molar-refractivity contribution in [2.75, 3.05) is 13.2 Å². The molecule has 0 bridgehead atoms. The number of amides is 1. The number of ether oxygens (including phenoxy) is 3. The van der Waals surface area contributed by atoms with Crippen LogP contribution in [0.15, 0.2) is 78.9 Å². The average molecular weight is 464 g/mol. The van der Waals surface area contributed by atoms with Crippen LogP contribution < -0.4 is 14.8 Å². The van der Waals surface area contributed by atoms with Gasteiger partial charge in [0.2, 0.25) is 5.91 Å². The van der Waals surface area contributed by atoms with Gasteiger partial charge in [0.05, 0.1) is 0 Å². The minimum absolute atomic E-state index is 0.0911. The largest absolute Gasteiger partial charge is 0.485 e. The van der Waals surface area contributed by atoms with Gasteiger partial charge >= 0.3 is 5.97 Å². The van der Waals surface area contributed by atoms with Crippen LogP contribution in [0.2, 0.25) is 0 Å². The lowest BCUT2D eigenvalue weighted by atomic mass is 10.1. The molecule has 0 heterocycles. The number of rotatable bonds is 13. The lowest BCUT2D eigenvalue weighted by molar-refractivity contribution is -0.142. The summed E-state index contributed by atoms with van der Waals surface area (Å²) in [5, 5.41) is 12.1. The summed E-state index contributed by atoms with van der Waals surface area (Å²) in [7, 11) is 0. The summed E-state index contributed by atoms with van der Waals surface area (Å²) in [5.41, 5.74) is 2.70. The highest BCUT2D eigenvalue weighted by Gasteiger charge is 2.21. The van der Waals surface area contributed by atoms with Gasteiger partial charge in [-0.3, -0.25) is 4.79 Å². The summed E-state index contributed by atoms with van der Waals surface area (Å²) >= 11 is 0. The van der Waals surface area contributed by atoms with Gasteiger partial charge in [-0.15, -0.1) is 0 Å². The Labute approximate surface area is 199 Å². The summed E-state index contributed by atoms with van der Waals surface area (Å²) in [6, 6.07) is 23.7. The maximum absolute atomic E-state index is 12.0. The molecule has 3 aromatic rings. The van der Waals surface area contributed by atoms with Crippen LogP contribution in [0, 0.1) is 0 Å². The average Bonchev–Trinajstić information content (AvgIpc) is 2.86. The fourth-order valence-corrected chi connectivity index (χ4v) is 3.25. The Bertz CT molecular complexity index is 1060. The first kappa shape index (κ1) is 24.8. The number of hydrogen-bond acceptors (Lipinski definition) is 5. The van der Waals surface area contributed by atoms with Crippen molar-refractivity contribution in [3.63, 3.8) is 0 Å². The molecule has 3 rings (SSSR count). The van der Waals surface area contributed by atoms with E-state index in [0.717, 1.165) is 11.1 Å². The van der Waals surface area contributed by atoms with Gasteiger partial charge in [0.1, 0.15) is 25.9 Å². The second-order valence-corrected chi connectivity index (χ2v) is 7.63. The Morgan fingerprint density at radius 2 is 1.41 bits per heavy atom. The van der Waals surface area contributed by atoms with Crippen molar-refractivity contribution in [1.29, 1.82) is 0 Å². The third-order valence-electron chi connectivity index (χ3n) is 4.99. The van der Waals surface area contributed by atoms with Crippen LogP contribution >= 0.6 is 0 Å². The van der Waals surface area contributed by atoms with Crippen molar-refractivity contribution in [2.45, 2.75) is 32.6 Å². The van der Waals surface area contributed by atoms with E-state index in [2.05, 4.69) is 5.32 Å². The normalized spacial score (nSPS) is 11.4. The smallest absolute Gasteiger partial charge is 0.326 e. The molecule has 0 aliphatic rings. The highest BCUT2D eigenvalue weighted by molar-refractivity contribution is 5.84. The number of carboxylic acid groups (broad SMARTS) is 1. The van der Waals surface area contributed by atoms with Crippen molar-refractivity contribution in [3.05, 3.63) is 95.6 Å². The number of nitrogens with one attached hydrogen (secondary N) is 1. The Balaban J connectivity index is 1.75. The summed E-state index contributed by atoms with van der Waals surface area (Å²) < 4.78 is 17.1. The van der Waals surface area contributed by atoms with E-state index in [4.69, 9.17) is 14.2 Å². The Kier molecular flexibility index (Phi) is 9.49. The van der Waals surface area contributed by atoms with E-state index in [1.165, 1.54) is 0 Å². The van der Waals surface area contributed by atoms with Crippen molar-refractivity contribution < 1.29 is 28.9 Å². The van der Waals surface area contributed by atoms with Gasteiger partial charge in [-0.25, -0.2) is 4.79 Å². The zero-order valence-corrected chi connectivity index (χ0v) is 19.1. The number of benzene rings is 3. The van der Waals surface area contributed by atoms with Gasteiger partial charge in [-0.05, 0) is 35.7 Å². The zero-order valence-electron chi connectivity index (χ0n) is 19.1. The van der Waals surface area contributed by atoms with E-state index < -0.39 is 17.9 Å². The number of carbonyl (C=O) groups excluding carboxylic acids is 1. The number of carbonyl (C=O) groups is 2. The minimum atomic E-state index is -1.12. The molecular formula is C27H29NO6. The molecule has 0 radical (unpaired) electrons. The van der Waals surface area contributed by atoms with E-state index >= 15 is 0 Å². The molecule has 2 N–H and O–H groups in total. The van der Waals surface area contributed by atoms with Crippen molar-refractivity contribution in [2.24, 2.45) is 0 Å². The maximum atomic E-state index is 12.0. The van der Waals surface area contributed by atoms with Crippen LogP contribution in [0.3, 0.4) is 0 Å². The van der Waals surface area contributed by atoms with E-state index in [1.54, 1.807) is 25.1 Å². The molecule has 7 heteroatoms. The lowest BCUT2D eigenvalue weighted by Gasteiger charge is -2.17. The first-order valence-corrected chi connectivity index (χ1v) is 11.1. The molecule has 34 heavy (non-hydrogen) atoms. The Morgan fingerprint density at radius 3 is 1.97 bits per heavy atom. The first-order chi connectivity index (χ1) is 16.5. The number of aliphatic carboxylic acids is 1. The third kappa shape index (κ3) is 7.94. The molecule has 0 aliphatic heterocycles. The Morgan fingerprint density at radius 1 is 0.824 bits per heavy atom. The standard InChI is InChI=1S/C27H29NO6/c1-2-32-19-26(29)28-23(27(30)31)15-22-13-14-24(33-17-20-9-5-3-6-10-20)25(16-22)34-18-21-11-7-4-8-12-21/h3-14,16,23H,2,15,17-19H2,1H3,(H,28,29)(H,30,31)/t23-/m1/s1. The van der Waals surface area contributed by atoms with Gasteiger partial charge < -0.3 is 24.6 Å². The van der Waals surface area contributed by atoms with Gasteiger partial charge in [-0.1, -0.05) is 66.7 Å². The second kappa shape index (κ2) is 13.0. The predicted molar refractivity (Wildman–Crippen MR) is 128 cm³/mol. The molecule has 1 amide bonds. The summed E-state index contributed by atoms with van der Waals surface area (Å²) in [6.45, 7) is 2.66. The fraction of sp³-hybridized carbons (Fsp3) is 0.259. The van der Waals surface area contributed by atoms with Crippen LogP contribution in [-0.4, -0.2) is 36.2 Å². The molecule has 7 nitrogen and oxygen atoms in total. The molecule has 0 aliphatic carbocycles. The van der Waals surface area contributed by atoms with Gasteiger partial charge in [0.15, 0.2) is 11.5 Å². The number of hydrogen-bond donors (Lipinski definition) is 2. The topological polar surface area (TPSA) is 94.1 Å². The molecule has 0 unspecified atom stereocenters. The van der Waals surface area contributed by atoms with Crippen molar-refractivity contribution in [3.8, 4) is 11.5 Å². The van der Waals surface area contributed by atoms with Crippen LogP contribution in [0.5, 0.6) is 11.5 Å². The SMILES string of the molecule is CCOCC(=O)N[C@H](Cc1ccc(OCc2ccccc2)c(OCc2ccccc2)c1)C(=O)O. The quantitative estimate of drug-likeness (QED) is 0.398. The van der Waals surface area contributed by atoms with Gasteiger partial charge in [-0.2, -0.15) is 0 Å². The Hall–Kier alpha value is -3.84. The maximum Gasteiger partial charge on any atom is 0.326 e. The molecule has 3 aromatic carbocycles. The summed E-state index contributed by atoms with van der Waals surface area (Å²) in [4.78, 5) is 23.7. The predicted octanol–water partition coefficient (Wildman–Crippen LogP) is 3.99. The minimum Gasteiger partial charge on any atom is -0.485 e. The van der Waals surface area contributed by atoms with Crippen LogP contribution in [-0.2, 0) is 34.0 Å². The van der Waals surface area contributed by atoms with E-state index in [-0.39, 0.29) is 13.0 Å². The highest BCUT2D eigenvalue weighted by Crippen LogP contribution is 2.30. The molecule has 0 spiro atoms. The zero-order chi connectivity index (χ0) is 24.2. The van der Waals surface area contributed by atoms with Crippen molar-refractivity contribution >= 4 is 11.9 Å². The summed E-state index contributed by atoms with van der Waals surface area (Å²) in [6.07, 6.45) is 0.0911. The van der Waals surface area contributed by atoms with Gasteiger partial charge in [0.25, 0.3) is 0 Å². The van der Waals surface area contributed by atoms with E-state index in [1.807, 2.05) is 60.7 Å². The molecule has 0 aromatic heterocycles. The molecule has 178 valence electrons. The van der Waals surface area contributed by atoms with Gasteiger partial charge in [0, 0.05) is 13.0 Å². The fourth-order valence-electron chi connectivity index (χ4n) is 3.25. The highest BCUT2D eigenvalue weighted by atomic mass is 16.5. The number of carboxylic acids is 1. The summed E-state index contributed by atoms with van der Waals surface area (Å²) in [5.74, 6) is -0.545. The lowest BCUT2D eigenvalue weighted by Crippen LogP contribution is -2.43. The van der Waals surface area contributed by atoms with Crippen LogP contribution in [0.1, 0.15) is 23.6 Å². The van der Waals surface area contributed by atoms with E-state index in [9.17, 15) is 14.7 Å². The van der Waals surface area contributed by atoms with Crippen LogP contribution in [0.4, 0.5) is 0 Å². The molecule has 0 saturated heterocycles. The molecule has 1 atom stereocenters. The van der Waals surface area contributed by atoms with Crippen molar-refractivity contribution in [1.82, 2.24) is 5.32 Å². The van der Waals surface area contributed by atoms with E-state index in [0.29, 0.717) is 36.9 Å². The van der Waals surface area contributed by atoms with Crippen LogP contribution in [0.25, 0.3) is 0 Å². The monoisotopic (exact) mass is 463 g/mol. The molecule has 0 fully saturated rings. The first-order valence-electron chi connectivity index (χ1n) is 11.1. The second-order valence-electron chi connectivity index (χ2n) is 7.63.